The predicted molar refractivity (Wildman–Crippen MR) is 97.1 cm³/mol. The number of hydrogen-bond donors (Lipinski definition) is 1. The zero-order valence-electron chi connectivity index (χ0n) is 14.2. The smallest absolute Gasteiger partial charge is 0.350 e. The van der Waals surface area contributed by atoms with E-state index in [9.17, 15) is 4.79 Å². The van der Waals surface area contributed by atoms with E-state index >= 15 is 0 Å². The molecule has 0 unspecified atom stereocenters. The van der Waals surface area contributed by atoms with Crippen LogP contribution < -0.4 is 11.0 Å². The number of nitrogens with one attached hydrogen (secondary N) is 1. The third kappa shape index (κ3) is 3.30. The lowest BCUT2D eigenvalue weighted by molar-refractivity contribution is 0.437. The third-order valence-corrected chi connectivity index (χ3v) is 4.78. The maximum atomic E-state index is 13.0. The molecule has 2 aromatic heterocycles. The van der Waals surface area contributed by atoms with Crippen LogP contribution in [0.4, 0.5) is 0 Å². The van der Waals surface area contributed by atoms with Gasteiger partial charge in [-0.05, 0) is 43.7 Å². The summed E-state index contributed by atoms with van der Waals surface area (Å²) < 4.78 is 5.46. The van der Waals surface area contributed by atoms with Gasteiger partial charge in [-0.15, -0.1) is 0 Å². The summed E-state index contributed by atoms with van der Waals surface area (Å²) in [5, 5.41) is 8.15. The fraction of sp³-hybridized carbons (Fsp3) is 0.368. The first-order valence-corrected chi connectivity index (χ1v) is 8.89. The highest BCUT2D eigenvalue weighted by Crippen LogP contribution is 2.22. The molecular formula is C19H23N5O. The van der Waals surface area contributed by atoms with Gasteiger partial charge in [0.05, 0.1) is 12.2 Å². The molecule has 1 N–H and O–H groups in total. The van der Waals surface area contributed by atoms with Crippen LogP contribution in [0.15, 0.2) is 59.7 Å². The van der Waals surface area contributed by atoms with Gasteiger partial charge in [0.2, 0.25) is 0 Å². The third-order valence-electron chi connectivity index (χ3n) is 4.78. The Hall–Kier alpha value is -2.60. The molecule has 0 amide bonds. The van der Waals surface area contributed by atoms with Crippen LogP contribution in [0.1, 0.15) is 24.6 Å². The summed E-state index contributed by atoms with van der Waals surface area (Å²) in [4.78, 5) is 13.0. The van der Waals surface area contributed by atoms with Gasteiger partial charge in [0.25, 0.3) is 0 Å². The second-order valence-electron chi connectivity index (χ2n) is 6.50. The molecule has 6 nitrogen and oxygen atoms in total. The van der Waals surface area contributed by atoms with Gasteiger partial charge in [-0.25, -0.2) is 14.0 Å². The lowest BCUT2D eigenvalue weighted by atomic mass is 9.99. The molecule has 130 valence electrons. The van der Waals surface area contributed by atoms with Crippen molar-refractivity contribution < 1.29 is 0 Å². The number of benzene rings is 1. The molecule has 0 aliphatic carbocycles. The van der Waals surface area contributed by atoms with E-state index in [4.69, 9.17) is 5.10 Å². The number of nitrogens with zero attached hydrogens (tertiary/aromatic N) is 4. The van der Waals surface area contributed by atoms with Crippen molar-refractivity contribution in [3.8, 4) is 5.69 Å². The first kappa shape index (κ1) is 15.9. The highest BCUT2D eigenvalue weighted by Gasteiger charge is 2.24. The monoisotopic (exact) mass is 337 g/mol. The van der Waals surface area contributed by atoms with E-state index in [1.807, 2.05) is 54.9 Å². The molecule has 0 spiro atoms. The van der Waals surface area contributed by atoms with Gasteiger partial charge in [0.1, 0.15) is 5.82 Å². The largest absolute Gasteiger partial charge is 0.352 e. The lowest BCUT2D eigenvalue weighted by Gasteiger charge is -2.22. The molecule has 1 atom stereocenters. The molecular weight excluding hydrogens is 314 g/mol. The minimum Gasteiger partial charge on any atom is -0.352 e. The Morgan fingerprint density at radius 3 is 2.60 bits per heavy atom. The SMILES string of the molecule is O=c1n(CCn2cccc2)nc([C@H]2CCCNC2)n1-c1ccccc1. The van der Waals surface area contributed by atoms with E-state index in [0.29, 0.717) is 6.54 Å². The van der Waals surface area contributed by atoms with E-state index in [2.05, 4.69) is 9.88 Å². The van der Waals surface area contributed by atoms with E-state index in [0.717, 1.165) is 44.0 Å². The van der Waals surface area contributed by atoms with Crippen molar-refractivity contribution >= 4 is 0 Å². The molecule has 25 heavy (non-hydrogen) atoms. The summed E-state index contributed by atoms with van der Waals surface area (Å²) in [5.41, 5.74) is 0.833. The first-order chi connectivity index (χ1) is 12.3. The number of aryl methyl sites for hydroxylation is 2. The molecule has 0 saturated carbocycles. The van der Waals surface area contributed by atoms with Gasteiger partial charge >= 0.3 is 5.69 Å². The van der Waals surface area contributed by atoms with Gasteiger partial charge in [0.15, 0.2) is 0 Å². The molecule has 3 heterocycles. The van der Waals surface area contributed by atoms with E-state index < -0.39 is 0 Å². The van der Waals surface area contributed by atoms with Crippen LogP contribution in [0.2, 0.25) is 0 Å². The zero-order valence-corrected chi connectivity index (χ0v) is 14.2. The van der Waals surface area contributed by atoms with Crippen molar-refractivity contribution in [1.82, 2.24) is 24.2 Å². The standard InChI is InChI=1S/C19H23N5O/c25-19-23(14-13-22-11-4-5-12-22)21-18(16-7-6-10-20-15-16)24(19)17-8-2-1-3-9-17/h1-5,8-9,11-12,16,20H,6-7,10,13-15H2/t16-/m0/s1. The van der Waals surface area contributed by atoms with Crippen molar-refractivity contribution in [3.63, 3.8) is 0 Å². The fourth-order valence-corrected chi connectivity index (χ4v) is 3.46. The minimum absolute atomic E-state index is 0.0565. The van der Waals surface area contributed by atoms with Gasteiger partial charge in [-0.1, -0.05) is 18.2 Å². The Morgan fingerprint density at radius 2 is 1.88 bits per heavy atom. The van der Waals surface area contributed by atoms with Crippen molar-refractivity contribution in [3.05, 3.63) is 71.2 Å². The van der Waals surface area contributed by atoms with Gasteiger partial charge in [-0.2, -0.15) is 5.10 Å². The van der Waals surface area contributed by atoms with Crippen LogP contribution in [0.25, 0.3) is 5.69 Å². The van der Waals surface area contributed by atoms with Crippen LogP contribution in [0.5, 0.6) is 0 Å². The molecule has 0 radical (unpaired) electrons. The second kappa shape index (κ2) is 7.11. The number of para-hydroxylation sites is 1. The van der Waals surface area contributed by atoms with E-state index in [1.54, 1.807) is 9.25 Å². The first-order valence-electron chi connectivity index (χ1n) is 8.89. The highest BCUT2D eigenvalue weighted by atomic mass is 16.2. The molecule has 0 bridgehead atoms. The highest BCUT2D eigenvalue weighted by molar-refractivity contribution is 5.33. The molecule has 3 aromatic rings. The maximum Gasteiger partial charge on any atom is 0.350 e. The Bertz CT molecular complexity index is 857. The van der Waals surface area contributed by atoms with Gasteiger partial charge in [-0.3, -0.25) is 0 Å². The summed E-state index contributed by atoms with van der Waals surface area (Å²) in [5.74, 6) is 1.14. The number of rotatable bonds is 5. The van der Waals surface area contributed by atoms with Crippen molar-refractivity contribution in [2.24, 2.45) is 0 Å². The van der Waals surface area contributed by atoms with E-state index in [-0.39, 0.29) is 11.6 Å². The van der Waals surface area contributed by atoms with E-state index in [1.165, 1.54) is 0 Å². The number of hydrogen-bond acceptors (Lipinski definition) is 3. The van der Waals surface area contributed by atoms with Gasteiger partial charge in [0, 0.05) is 31.4 Å². The summed E-state index contributed by atoms with van der Waals surface area (Å²) in [7, 11) is 0. The molecule has 1 saturated heterocycles. The second-order valence-corrected chi connectivity index (χ2v) is 6.50. The Labute approximate surface area is 146 Å². The van der Waals surface area contributed by atoms with Crippen LogP contribution in [0.3, 0.4) is 0 Å². The molecule has 1 aliphatic rings. The minimum atomic E-state index is -0.0565. The van der Waals surface area contributed by atoms with Crippen molar-refractivity contribution in [2.45, 2.75) is 31.8 Å². The zero-order chi connectivity index (χ0) is 17.1. The maximum absolute atomic E-state index is 13.0. The van der Waals surface area contributed by atoms with Crippen LogP contribution in [-0.2, 0) is 13.1 Å². The molecule has 4 rings (SSSR count). The summed E-state index contributed by atoms with van der Waals surface area (Å²) in [6.45, 7) is 3.23. The molecule has 1 aliphatic heterocycles. The van der Waals surface area contributed by atoms with Crippen molar-refractivity contribution in [1.29, 1.82) is 0 Å². The van der Waals surface area contributed by atoms with Crippen LogP contribution >= 0.6 is 0 Å². The molecule has 6 heteroatoms. The lowest BCUT2D eigenvalue weighted by Crippen LogP contribution is -2.31. The quantitative estimate of drug-likeness (QED) is 0.775. The normalized spacial score (nSPS) is 17.7. The molecule has 1 aromatic carbocycles. The number of aromatic nitrogens is 4. The summed E-state index contributed by atoms with van der Waals surface area (Å²) in [6, 6.07) is 13.8. The summed E-state index contributed by atoms with van der Waals surface area (Å²) >= 11 is 0. The summed E-state index contributed by atoms with van der Waals surface area (Å²) in [6.07, 6.45) is 6.19. The molecule has 1 fully saturated rings. The Balaban J connectivity index is 1.70. The van der Waals surface area contributed by atoms with Gasteiger partial charge < -0.3 is 9.88 Å². The topological polar surface area (TPSA) is 56.8 Å². The average molecular weight is 337 g/mol. The Kier molecular flexibility index (Phi) is 4.52. The predicted octanol–water partition coefficient (Wildman–Crippen LogP) is 2.00. The average Bonchev–Trinajstić information content (AvgIpc) is 3.29. The number of piperidine rings is 1. The fourth-order valence-electron chi connectivity index (χ4n) is 3.46. The van der Waals surface area contributed by atoms with Crippen LogP contribution in [0, 0.1) is 0 Å². The Morgan fingerprint density at radius 1 is 1.08 bits per heavy atom. The van der Waals surface area contributed by atoms with Crippen LogP contribution in [-0.4, -0.2) is 32.0 Å². The van der Waals surface area contributed by atoms with Crippen molar-refractivity contribution in [2.75, 3.05) is 13.1 Å².